The molecule has 0 aliphatic carbocycles. The van der Waals surface area contributed by atoms with E-state index in [9.17, 15) is 4.39 Å². The van der Waals surface area contributed by atoms with Crippen molar-refractivity contribution in [3.8, 4) is 0 Å². The topological polar surface area (TPSA) is 40.7 Å². The summed E-state index contributed by atoms with van der Waals surface area (Å²) in [6.07, 6.45) is 2.80. The maximum atomic E-state index is 13.6. The second-order valence-electron chi connectivity index (χ2n) is 5.67. The Hall–Kier alpha value is -1.68. The predicted octanol–water partition coefficient (Wildman–Crippen LogP) is 3.32. The Kier molecular flexibility index (Phi) is 5.51. The Bertz CT molecular complexity index is 558. The van der Waals surface area contributed by atoms with E-state index < -0.39 is 0 Å². The zero-order valence-corrected chi connectivity index (χ0v) is 13.0. The van der Waals surface area contributed by atoms with Gasteiger partial charge in [0.25, 0.3) is 0 Å². The van der Waals surface area contributed by atoms with E-state index in [4.69, 9.17) is 0 Å². The molecule has 0 aliphatic rings. The van der Waals surface area contributed by atoms with E-state index in [1.54, 1.807) is 6.07 Å². The fourth-order valence-electron chi connectivity index (χ4n) is 2.62. The molecule has 0 saturated heterocycles. The molecule has 0 aliphatic heterocycles. The molecule has 0 amide bonds. The first-order valence-corrected chi connectivity index (χ1v) is 7.55. The highest BCUT2D eigenvalue weighted by Crippen LogP contribution is 2.12. The quantitative estimate of drug-likeness (QED) is 0.768. The summed E-state index contributed by atoms with van der Waals surface area (Å²) < 4.78 is 13.6. The van der Waals surface area contributed by atoms with E-state index in [0.29, 0.717) is 0 Å². The lowest BCUT2D eigenvalue weighted by molar-refractivity contribution is 0.518. The van der Waals surface area contributed by atoms with Crippen LogP contribution < -0.4 is 5.32 Å². The first-order valence-electron chi connectivity index (χ1n) is 7.55. The molecule has 0 bridgehead atoms. The van der Waals surface area contributed by atoms with Gasteiger partial charge < -0.3 is 5.32 Å². The van der Waals surface area contributed by atoms with Gasteiger partial charge in [-0.1, -0.05) is 18.2 Å². The number of benzene rings is 1. The molecule has 0 radical (unpaired) electrons. The molecule has 0 unspecified atom stereocenters. The van der Waals surface area contributed by atoms with Crippen molar-refractivity contribution in [2.75, 3.05) is 6.54 Å². The minimum Gasteiger partial charge on any atom is -0.314 e. The molecular weight excluding hydrogens is 265 g/mol. The molecule has 21 heavy (non-hydrogen) atoms. The Balaban J connectivity index is 1.73. The molecular formula is C17H24FN3. The predicted molar refractivity (Wildman–Crippen MR) is 84.0 cm³/mol. The number of aryl methyl sites for hydroxylation is 2. The van der Waals surface area contributed by atoms with E-state index in [1.165, 1.54) is 11.6 Å². The monoisotopic (exact) mass is 289 g/mol. The van der Waals surface area contributed by atoms with Crippen LogP contribution in [-0.2, 0) is 12.8 Å². The molecule has 0 fully saturated rings. The lowest BCUT2D eigenvalue weighted by Gasteiger charge is -2.14. The van der Waals surface area contributed by atoms with E-state index in [0.717, 1.165) is 42.8 Å². The standard InChI is InChI=1S/C17H24FN3/c1-12(11-15-7-4-5-9-17(15)18)19-10-6-8-16-13(2)20-21-14(16)3/h4-5,7,9,12,19H,6,8,10-11H2,1-3H3,(H,20,21)/t12-/m1/s1. The van der Waals surface area contributed by atoms with Crippen LogP contribution in [0.5, 0.6) is 0 Å². The Morgan fingerprint density at radius 2 is 2.05 bits per heavy atom. The maximum Gasteiger partial charge on any atom is 0.126 e. The maximum absolute atomic E-state index is 13.6. The third-order valence-corrected chi connectivity index (χ3v) is 3.86. The second kappa shape index (κ2) is 7.36. The van der Waals surface area contributed by atoms with Gasteiger partial charge in [-0.15, -0.1) is 0 Å². The summed E-state index contributed by atoms with van der Waals surface area (Å²) in [5.41, 5.74) is 4.34. The molecule has 3 nitrogen and oxygen atoms in total. The number of hydrogen-bond donors (Lipinski definition) is 2. The van der Waals surface area contributed by atoms with Gasteiger partial charge in [0.05, 0.1) is 5.69 Å². The van der Waals surface area contributed by atoms with Crippen LogP contribution in [0.15, 0.2) is 24.3 Å². The van der Waals surface area contributed by atoms with Gasteiger partial charge in [-0.05, 0) is 63.8 Å². The summed E-state index contributed by atoms with van der Waals surface area (Å²) >= 11 is 0. The highest BCUT2D eigenvalue weighted by Gasteiger charge is 2.08. The van der Waals surface area contributed by atoms with Crippen LogP contribution in [0.3, 0.4) is 0 Å². The van der Waals surface area contributed by atoms with Crippen molar-refractivity contribution < 1.29 is 4.39 Å². The zero-order chi connectivity index (χ0) is 15.2. The Morgan fingerprint density at radius 3 is 2.71 bits per heavy atom. The summed E-state index contributed by atoms with van der Waals surface area (Å²) in [5.74, 6) is -0.115. The van der Waals surface area contributed by atoms with Gasteiger partial charge in [0.1, 0.15) is 5.82 Å². The second-order valence-corrected chi connectivity index (χ2v) is 5.67. The summed E-state index contributed by atoms with van der Waals surface area (Å²) in [6, 6.07) is 7.26. The van der Waals surface area contributed by atoms with Crippen LogP contribution in [-0.4, -0.2) is 22.8 Å². The SMILES string of the molecule is Cc1n[nH]c(C)c1CCCN[C@H](C)Cc1ccccc1F. The first-order chi connectivity index (χ1) is 10.1. The van der Waals surface area contributed by atoms with Gasteiger partial charge in [-0.25, -0.2) is 4.39 Å². The molecule has 1 heterocycles. The van der Waals surface area contributed by atoms with Gasteiger partial charge in [-0.3, -0.25) is 5.10 Å². The van der Waals surface area contributed by atoms with Crippen molar-refractivity contribution in [2.24, 2.45) is 0 Å². The molecule has 0 spiro atoms. The smallest absolute Gasteiger partial charge is 0.126 e. The van der Waals surface area contributed by atoms with Crippen molar-refractivity contribution in [2.45, 2.75) is 46.1 Å². The van der Waals surface area contributed by atoms with Crippen molar-refractivity contribution >= 4 is 0 Å². The van der Waals surface area contributed by atoms with Crippen LogP contribution in [0.25, 0.3) is 0 Å². The van der Waals surface area contributed by atoms with Crippen molar-refractivity contribution in [1.82, 2.24) is 15.5 Å². The largest absolute Gasteiger partial charge is 0.314 e. The molecule has 2 N–H and O–H groups in total. The molecule has 114 valence electrons. The number of hydrogen-bond acceptors (Lipinski definition) is 2. The number of aromatic amines is 1. The highest BCUT2D eigenvalue weighted by molar-refractivity contribution is 5.23. The molecule has 1 atom stereocenters. The molecule has 1 aromatic carbocycles. The number of H-pyrrole nitrogens is 1. The normalized spacial score (nSPS) is 12.6. The number of nitrogens with one attached hydrogen (secondary N) is 2. The Morgan fingerprint density at radius 1 is 1.29 bits per heavy atom. The lowest BCUT2D eigenvalue weighted by atomic mass is 10.1. The van der Waals surface area contributed by atoms with Gasteiger partial charge >= 0.3 is 0 Å². The van der Waals surface area contributed by atoms with Crippen LogP contribution in [0, 0.1) is 19.7 Å². The number of aromatic nitrogens is 2. The molecule has 4 heteroatoms. The summed E-state index contributed by atoms with van der Waals surface area (Å²) in [7, 11) is 0. The van der Waals surface area contributed by atoms with Crippen LogP contribution in [0.1, 0.15) is 35.9 Å². The number of rotatable bonds is 7. The van der Waals surface area contributed by atoms with Crippen molar-refractivity contribution in [3.05, 3.63) is 52.6 Å². The lowest BCUT2D eigenvalue weighted by Crippen LogP contribution is -2.29. The van der Waals surface area contributed by atoms with Gasteiger partial charge in [0, 0.05) is 11.7 Å². The first kappa shape index (κ1) is 15.7. The molecule has 2 rings (SSSR count). The summed E-state index contributed by atoms with van der Waals surface area (Å²) in [5, 5.41) is 10.7. The van der Waals surface area contributed by atoms with Gasteiger partial charge in [0.2, 0.25) is 0 Å². The highest BCUT2D eigenvalue weighted by atomic mass is 19.1. The molecule has 1 aromatic heterocycles. The zero-order valence-electron chi connectivity index (χ0n) is 13.0. The minimum atomic E-state index is -0.115. The van der Waals surface area contributed by atoms with Crippen LogP contribution in [0.2, 0.25) is 0 Å². The summed E-state index contributed by atoms with van der Waals surface area (Å²) in [6.45, 7) is 7.12. The average molecular weight is 289 g/mol. The van der Waals surface area contributed by atoms with E-state index in [1.807, 2.05) is 19.1 Å². The van der Waals surface area contributed by atoms with E-state index >= 15 is 0 Å². The minimum absolute atomic E-state index is 0.115. The van der Waals surface area contributed by atoms with E-state index in [-0.39, 0.29) is 11.9 Å². The van der Waals surface area contributed by atoms with E-state index in [2.05, 4.69) is 29.4 Å². The van der Waals surface area contributed by atoms with Crippen molar-refractivity contribution in [1.29, 1.82) is 0 Å². The van der Waals surface area contributed by atoms with Crippen LogP contribution >= 0.6 is 0 Å². The summed E-state index contributed by atoms with van der Waals surface area (Å²) in [4.78, 5) is 0. The third kappa shape index (κ3) is 4.39. The average Bonchev–Trinajstić information content (AvgIpc) is 2.77. The third-order valence-electron chi connectivity index (χ3n) is 3.86. The van der Waals surface area contributed by atoms with Gasteiger partial charge in [0.15, 0.2) is 0 Å². The number of nitrogens with zero attached hydrogens (tertiary/aromatic N) is 1. The molecule has 2 aromatic rings. The fraction of sp³-hybridized carbons (Fsp3) is 0.471. The van der Waals surface area contributed by atoms with Gasteiger partial charge in [-0.2, -0.15) is 5.10 Å². The number of halogens is 1. The Labute approximate surface area is 126 Å². The van der Waals surface area contributed by atoms with Crippen molar-refractivity contribution in [3.63, 3.8) is 0 Å². The van der Waals surface area contributed by atoms with Crippen LogP contribution in [0.4, 0.5) is 4.39 Å². The molecule has 0 saturated carbocycles. The fourth-order valence-corrected chi connectivity index (χ4v) is 2.62.